The van der Waals surface area contributed by atoms with Crippen molar-refractivity contribution in [3.05, 3.63) is 169 Å². The van der Waals surface area contributed by atoms with Crippen LogP contribution in [0.2, 0.25) is 0 Å². The molecule has 0 saturated carbocycles. The number of imide groups is 1. The van der Waals surface area contributed by atoms with Gasteiger partial charge in [0, 0.05) is 79.0 Å². The minimum atomic E-state index is -2.06. The Balaban J connectivity index is 0.657. The van der Waals surface area contributed by atoms with Gasteiger partial charge < -0.3 is 60.5 Å². The lowest BCUT2D eigenvalue weighted by molar-refractivity contribution is -0.173. The van der Waals surface area contributed by atoms with Crippen molar-refractivity contribution in [1.29, 1.82) is 0 Å². The standard InChI is InChI=1S/C68H68FN11O15/c1-6-53(81)74-49-26-44-37(4)48(69)28-50-59(44)60(49)45-33-79-52(61(45)76-50)27-47-46(64(79)89)35-93-65(90)68(47,7-2)95-66(91)77(5)32-42-14-11-23-78(42)67(92)94-34-39-16-18-40(19-17-39)73-55(83)31-72-63(88)51(24-38-12-9-8-10-13-38)75-56(84)30-70-54(82)29-71-62(87)43-25-41(20-15-36(43)3)80-57(85)21-22-58(80)86/h8-10,12-13,15-22,25,27-28,42,49,51H,6-7,11,14,23-24,26,29-35H2,1-5H3,(H,70,82)(H,71,87)(H,72,88)(H,73,83)(H,74,81)(H,75,84)/t42-,49-,51-,68-/m0/s1. The maximum Gasteiger partial charge on any atom is 0.411 e. The van der Waals surface area contributed by atoms with Crippen molar-refractivity contribution in [1.82, 2.24) is 45.9 Å². The Labute approximate surface area is 542 Å². The zero-order valence-corrected chi connectivity index (χ0v) is 52.6. The number of aromatic nitrogens is 2. The van der Waals surface area contributed by atoms with Gasteiger partial charge in [-0.1, -0.05) is 62.4 Å². The van der Waals surface area contributed by atoms with Gasteiger partial charge in [0.1, 0.15) is 25.1 Å². The highest BCUT2D eigenvalue weighted by Gasteiger charge is 2.52. The van der Waals surface area contributed by atoms with E-state index in [-0.39, 0.29) is 73.9 Å². The number of hydrogen-bond acceptors (Lipinski definition) is 16. The van der Waals surface area contributed by atoms with Crippen molar-refractivity contribution in [2.24, 2.45) is 0 Å². The molecular weight excluding hydrogens is 1230 g/mol. The first-order chi connectivity index (χ1) is 45.5. The number of pyridine rings is 2. The smallest absolute Gasteiger partial charge is 0.411 e. The van der Waals surface area contributed by atoms with Crippen molar-refractivity contribution in [3.63, 3.8) is 0 Å². The molecule has 6 heterocycles. The van der Waals surface area contributed by atoms with E-state index in [1.165, 1.54) is 39.6 Å². The van der Waals surface area contributed by atoms with Crippen LogP contribution in [0.25, 0.3) is 22.3 Å². The van der Waals surface area contributed by atoms with E-state index < -0.39 is 114 Å². The number of benzene rings is 4. The molecule has 95 heavy (non-hydrogen) atoms. The lowest BCUT2D eigenvalue weighted by Crippen LogP contribution is -2.52. The van der Waals surface area contributed by atoms with Gasteiger partial charge >= 0.3 is 18.2 Å². The van der Waals surface area contributed by atoms with Crippen molar-refractivity contribution >= 4 is 87.7 Å². The molecule has 10 amide bonds. The Bertz CT molecular complexity index is 4290. The summed E-state index contributed by atoms with van der Waals surface area (Å²) < 4.78 is 34.4. The van der Waals surface area contributed by atoms with E-state index >= 15 is 4.39 Å². The van der Waals surface area contributed by atoms with Crippen LogP contribution in [0.5, 0.6) is 0 Å². The molecule has 27 heteroatoms. The lowest BCUT2D eigenvalue weighted by atomic mass is 9.85. The number of ether oxygens (including phenoxy) is 3. The fourth-order valence-electron chi connectivity index (χ4n) is 12.7. The second-order valence-electron chi connectivity index (χ2n) is 23.8. The van der Waals surface area contributed by atoms with E-state index in [9.17, 15) is 57.5 Å². The number of nitrogens with zero attached hydrogens (tertiary/aromatic N) is 5. The number of carbonyl (C=O) groups is 11. The highest BCUT2D eigenvalue weighted by atomic mass is 19.1. The molecule has 0 spiro atoms. The number of hydrogen-bond donors (Lipinski definition) is 6. The summed E-state index contributed by atoms with van der Waals surface area (Å²) in [6.07, 6.45) is 2.22. The number of anilines is 2. The minimum Gasteiger partial charge on any atom is -0.457 e. The topological polar surface area (TPSA) is 332 Å². The molecule has 1 fully saturated rings. The van der Waals surface area contributed by atoms with Crippen LogP contribution in [0.4, 0.5) is 25.4 Å². The summed E-state index contributed by atoms with van der Waals surface area (Å²) in [5, 5.41) is 16.5. The molecule has 0 radical (unpaired) electrons. The number of esters is 1. The maximum absolute atomic E-state index is 15.5. The van der Waals surface area contributed by atoms with Crippen LogP contribution in [0, 0.1) is 19.7 Å². The number of likely N-dealkylation sites (N-methyl/N-ethyl adjacent to an activating group) is 1. The minimum absolute atomic E-state index is 0.0148. The molecule has 1 aliphatic carbocycles. The summed E-state index contributed by atoms with van der Waals surface area (Å²) in [5.74, 6) is -6.13. The first-order valence-corrected chi connectivity index (χ1v) is 31.0. The highest BCUT2D eigenvalue weighted by molar-refractivity contribution is 6.28. The van der Waals surface area contributed by atoms with Crippen molar-refractivity contribution < 1.29 is 71.3 Å². The van der Waals surface area contributed by atoms with E-state index in [0.29, 0.717) is 76.2 Å². The monoisotopic (exact) mass is 1300 g/mol. The third-order valence-electron chi connectivity index (χ3n) is 17.7. The molecule has 0 bridgehead atoms. The van der Waals surface area contributed by atoms with Gasteiger partial charge in [0.2, 0.25) is 35.1 Å². The SMILES string of the molecule is CCC(=O)N[C@H]1Cc2c(C)c(F)cc3nc4c(c1c23)Cn1c-4cc2c(c1=O)COC(=O)[C@@]2(CC)OC(=O)N(C)C[C@@H]1CCCN1C(=O)OCc1ccc(NC(=O)CNC(=O)[C@H](Cc2ccccc2)NC(=O)CNC(=O)CNC(=O)c2cc(N3C(=O)C=CC3=O)ccc2C)cc1. The second kappa shape index (κ2) is 27.2. The summed E-state index contributed by atoms with van der Waals surface area (Å²) in [6, 6.07) is 20.3. The maximum atomic E-state index is 15.5. The van der Waals surface area contributed by atoms with Gasteiger partial charge in [-0.2, -0.15) is 0 Å². The average molecular weight is 1300 g/mol. The molecule has 11 rings (SSSR count). The van der Waals surface area contributed by atoms with Gasteiger partial charge in [-0.05, 0) is 103 Å². The molecule has 2 aromatic heterocycles. The quantitative estimate of drug-likeness (QED) is 0.0325. The number of carbonyl (C=O) groups excluding carboxylic acids is 11. The number of rotatable bonds is 21. The molecular formula is C68H68FN11O15. The van der Waals surface area contributed by atoms with E-state index in [1.807, 2.05) is 0 Å². The van der Waals surface area contributed by atoms with Crippen LogP contribution in [-0.2, 0) is 90.8 Å². The third-order valence-corrected chi connectivity index (χ3v) is 17.7. The summed E-state index contributed by atoms with van der Waals surface area (Å²) in [4.78, 5) is 168. The zero-order chi connectivity index (χ0) is 67.6. The molecule has 1 saturated heterocycles. The summed E-state index contributed by atoms with van der Waals surface area (Å²) in [5.41, 5.74) is 3.75. The largest absolute Gasteiger partial charge is 0.457 e. The molecule has 4 atom stereocenters. The fraction of sp³-hybridized carbons (Fsp3) is 0.338. The van der Waals surface area contributed by atoms with Crippen LogP contribution in [-0.4, -0.2) is 137 Å². The molecule has 492 valence electrons. The van der Waals surface area contributed by atoms with Crippen molar-refractivity contribution in [2.75, 3.05) is 50.0 Å². The Morgan fingerprint density at radius 2 is 1.54 bits per heavy atom. The van der Waals surface area contributed by atoms with E-state index in [4.69, 9.17) is 19.2 Å². The number of fused-ring (bicyclic) bond motifs is 5. The van der Waals surface area contributed by atoms with Crippen molar-refractivity contribution in [3.8, 4) is 11.4 Å². The van der Waals surface area contributed by atoms with Crippen LogP contribution in [0.3, 0.4) is 0 Å². The highest BCUT2D eigenvalue weighted by Crippen LogP contribution is 2.48. The first kappa shape index (κ1) is 65.4. The summed E-state index contributed by atoms with van der Waals surface area (Å²) in [7, 11) is 1.46. The normalized spacial score (nSPS) is 17.5. The number of nitrogens with one attached hydrogen (secondary N) is 6. The fourth-order valence-corrected chi connectivity index (χ4v) is 12.7. The van der Waals surface area contributed by atoms with Gasteiger partial charge in [0.05, 0.1) is 66.4 Å². The predicted molar refractivity (Wildman–Crippen MR) is 339 cm³/mol. The van der Waals surface area contributed by atoms with Gasteiger partial charge in [0.25, 0.3) is 23.3 Å². The van der Waals surface area contributed by atoms with Crippen molar-refractivity contribution in [2.45, 2.75) is 110 Å². The number of halogens is 1. The van der Waals surface area contributed by atoms with Crippen LogP contribution < -0.4 is 42.4 Å². The molecule has 6 aromatic rings. The molecule has 6 N–H and O–H groups in total. The second-order valence-corrected chi connectivity index (χ2v) is 23.8. The third kappa shape index (κ3) is 13.3. The van der Waals surface area contributed by atoms with Crippen LogP contribution >= 0.6 is 0 Å². The summed E-state index contributed by atoms with van der Waals surface area (Å²) in [6.45, 7) is 4.94. The molecule has 26 nitrogen and oxygen atoms in total. The van der Waals surface area contributed by atoms with Gasteiger partial charge in [-0.15, -0.1) is 0 Å². The Hall–Kier alpha value is -11.1. The Morgan fingerprint density at radius 3 is 2.26 bits per heavy atom. The average Bonchev–Trinajstić information content (AvgIpc) is 1.59. The van der Waals surface area contributed by atoms with E-state index in [1.54, 1.807) is 94.4 Å². The van der Waals surface area contributed by atoms with Gasteiger partial charge in [-0.3, -0.25) is 43.2 Å². The molecule has 5 aliphatic rings. The van der Waals surface area contributed by atoms with Gasteiger partial charge in [0.15, 0.2) is 0 Å². The van der Waals surface area contributed by atoms with Gasteiger partial charge in [-0.25, -0.2) is 28.7 Å². The first-order valence-electron chi connectivity index (χ1n) is 31.0. The number of likely N-dealkylation sites (tertiary alicyclic amines) is 1. The molecule has 0 unspecified atom stereocenters. The molecule has 4 aliphatic heterocycles. The number of cyclic esters (lactones) is 1. The van der Waals surface area contributed by atoms with Crippen LogP contribution in [0.1, 0.15) is 106 Å². The summed E-state index contributed by atoms with van der Waals surface area (Å²) >= 11 is 0. The van der Waals surface area contributed by atoms with E-state index in [2.05, 4.69) is 31.9 Å². The zero-order valence-electron chi connectivity index (χ0n) is 52.6. The Kier molecular flexibility index (Phi) is 18.7. The van der Waals surface area contributed by atoms with E-state index in [0.717, 1.165) is 33.6 Å². The number of amides is 10. The van der Waals surface area contributed by atoms with Crippen LogP contribution in [0.15, 0.2) is 102 Å². The predicted octanol–water partition coefficient (Wildman–Crippen LogP) is 4.59. The Morgan fingerprint density at radius 1 is 0.811 bits per heavy atom. The molecule has 4 aromatic carbocycles. The lowest BCUT2D eigenvalue weighted by Gasteiger charge is -2.37. The number of aryl methyl sites for hydroxylation is 1.